The second-order valence-corrected chi connectivity index (χ2v) is 4.57. The molecule has 0 saturated heterocycles. The number of methoxy groups -OCH3 is 2. The van der Waals surface area contributed by atoms with E-state index in [0.29, 0.717) is 17.9 Å². The van der Waals surface area contributed by atoms with Crippen molar-refractivity contribution in [3.63, 3.8) is 0 Å². The zero-order chi connectivity index (χ0) is 12.3. The molecule has 0 aliphatic carbocycles. The molecule has 0 heterocycles. The van der Waals surface area contributed by atoms with Crippen LogP contribution in [0.2, 0.25) is 0 Å². The van der Waals surface area contributed by atoms with Gasteiger partial charge in [0.1, 0.15) is 0 Å². The molecule has 0 fully saturated rings. The Morgan fingerprint density at radius 3 is 2.44 bits per heavy atom. The van der Waals surface area contributed by atoms with Crippen LogP contribution in [0.25, 0.3) is 0 Å². The van der Waals surface area contributed by atoms with Crippen molar-refractivity contribution in [2.24, 2.45) is 0 Å². The fraction of sp³-hybridized carbons (Fsp3) is 0.500. The lowest BCUT2D eigenvalue weighted by atomic mass is 10.0. The molecule has 0 radical (unpaired) electrons. The SMILES string of the molecule is COc1cc(C)c(Br)c(CC(C)O)c1OC. The number of hydrogen-bond acceptors (Lipinski definition) is 3. The van der Waals surface area contributed by atoms with Gasteiger partial charge >= 0.3 is 0 Å². The molecule has 1 aromatic rings. The van der Waals surface area contributed by atoms with E-state index in [-0.39, 0.29) is 0 Å². The first kappa shape index (κ1) is 13.3. The molecular formula is C12H17BrO3. The Morgan fingerprint density at radius 1 is 1.38 bits per heavy atom. The zero-order valence-electron chi connectivity index (χ0n) is 10.0. The minimum Gasteiger partial charge on any atom is -0.493 e. The summed E-state index contributed by atoms with van der Waals surface area (Å²) in [4.78, 5) is 0. The molecule has 90 valence electrons. The van der Waals surface area contributed by atoms with Gasteiger partial charge in [-0.15, -0.1) is 0 Å². The van der Waals surface area contributed by atoms with Crippen LogP contribution < -0.4 is 9.47 Å². The molecule has 3 nitrogen and oxygen atoms in total. The van der Waals surface area contributed by atoms with Crippen LogP contribution in [-0.4, -0.2) is 25.4 Å². The average molecular weight is 289 g/mol. The van der Waals surface area contributed by atoms with Gasteiger partial charge in [-0.2, -0.15) is 0 Å². The number of hydrogen-bond donors (Lipinski definition) is 1. The summed E-state index contributed by atoms with van der Waals surface area (Å²) >= 11 is 3.52. The summed E-state index contributed by atoms with van der Waals surface area (Å²) < 4.78 is 11.6. The lowest BCUT2D eigenvalue weighted by molar-refractivity contribution is 0.193. The van der Waals surface area contributed by atoms with Crippen molar-refractivity contribution in [1.82, 2.24) is 0 Å². The molecule has 0 saturated carbocycles. The van der Waals surface area contributed by atoms with E-state index < -0.39 is 6.10 Å². The van der Waals surface area contributed by atoms with E-state index in [1.54, 1.807) is 21.1 Å². The number of benzene rings is 1. The summed E-state index contributed by atoms with van der Waals surface area (Å²) in [5.41, 5.74) is 2.00. The quantitative estimate of drug-likeness (QED) is 0.926. The molecule has 0 aromatic heterocycles. The number of halogens is 1. The highest BCUT2D eigenvalue weighted by Gasteiger charge is 2.17. The summed E-state index contributed by atoms with van der Waals surface area (Å²) in [7, 11) is 3.21. The van der Waals surface area contributed by atoms with Gasteiger partial charge in [0.25, 0.3) is 0 Å². The number of ether oxygens (including phenoxy) is 2. The molecule has 1 unspecified atom stereocenters. The van der Waals surface area contributed by atoms with E-state index in [1.165, 1.54) is 0 Å². The third-order valence-electron chi connectivity index (χ3n) is 2.38. The summed E-state index contributed by atoms with van der Waals surface area (Å²) in [5.74, 6) is 1.37. The highest BCUT2D eigenvalue weighted by Crippen LogP contribution is 2.39. The number of aryl methyl sites for hydroxylation is 1. The number of aliphatic hydroxyl groups excluding tert-OH is 1. The Kier molecular flexibility index (Phi) is 4.62. The third kappa shape index (κ3) is 2.68. The summed E-state index contributed by atoms with van der Waals surface area (Å²) in [6.07, 6.45) is 0.110. The fourth-order valence-corrected chi connectivity index (χ4v) is 2.12. The molecule has 1 atom stereocenters. The van der Waals surface area contributed by atoms with Gasteiger partial charge in [-0.1, -0.05) is 15.9 Å². The Morgan fingerprint density at radius 2 is 2.00 bits per heavy atom. The standard InChI is InChI=1S/C12H17BrO3/c1-7-5-10(15-3)12(16-4)9(11(7)13)6-8(2)14/h5,8,14H,6H2,1-4H3. The van der Waals surface area contributed by atoms with Crippen LogP contribution >= 0.6 is 15.9 Å². The molecular weight excluding hydrogens is 272 g/mol. The van der Waals surface area contributed by atoms with Gasteiger partial charge in [0.15, 0.2) is 11.5 Å². The van der Waals surface area contributed by atoms with Crippen molar-refractivity contribution >= 4 is 15.9 Å². The van der Waals surface area contributed by atoms with Crippen molar-refractivity contribution in [3.05, 3.63) is 21.7 Å². The lowest BCUT2D eigenvalue weighted by Crippen LogP contribution is -2.08. The van der Waals surface area contributed by atoms with Gasteiger partial charge in [0.05, 0.1) is 20.3 Å². The lowest BCUT2D eigenvalue weighted by Gasteiger charge is -2.17. The van der Waals surface area contributed by atoms with Gasteiger partial charge in [-0.25, -0.2) is 0 Å². The van der Waals surface area contributed by atoms with Crippen molar-refractivity contribution < 1.29 is 14.6 Å². The molecule has 0 aliphatic rings. The number of aliphatic hydroxyl groups is 1. The molecule has 0 spiro atoms. The topological polar surface area (TPSA) is 38.7 Å². The van der Waals surface area contributed by atoms with Crippen molar-refractivity contribution in [1.29, 1.82) is 0 Å². The second kappa shape index (κ2) is 5.55. The predicted octanol–water partition coefficient (Wildman–Crippen LogP) is 2.70. The molecule has 0 aliphatic heterocycles. The Hall–Kier alpha value is -0.740. The maximum absolute atomic E-state index is 9.49. The second-order valence-electron chi connectivity index (χ2n) is 3.77. The van der Waals surface area contributed by atoms with Crippen LogP contribution in [0.3, 0.4) is 0 Å². The smallest absolute Gasteiger partial charge is 0.165 e. The van der Waals surface area contributed by atoms with E-state index in [4.69, 9.17) is 9.47 Å². The van der Waals surface area contributed by atoms with Gasteiger partial charge in [-0.3, -0.25) is 0 Å². The van der Waals surface area contributed by atoms with Crippen LogP contribution in [0.4, 0.5) is 0 Å². The van der Waals surface area contributed by atoms with E-state index in [9.17, 15) is 5.11 Å². The van der Waals surface area contributed by atoms with E-state index in [2.05, 4.69) is 15.9 Å². The van der Waals surface area contributed by atoms with Gasteiger partial charge < -0.3 is 14.6 Å². The normalized spacial score (nSPS) is 12.4. The van der Waals surface area contributed by atoms with Crippen LogP contribution in [0.15, 0.2) is 10.5 Å². The highest BCUT2D eigenvalue weighted by molar-refractivity contribution is 9.10. The Balaban J connectivity index is 3.34. The average Bonchev–Trinajstić information content (AvgIpc) is 2.23. The van der Waals surface area contributed by atoms with Crippen LogP contribution in [0.5, 0.6) is 11.5 Å². The third-order valence-corrected chi connectivity index (χ3v) is 3.48. The molecule has 1 rings (SSSR count). The van der Waals surface area contributed by atoms with Crippen LogP contribution in [0.1, 0.15) is 18.1 Å². The minimum atomic E-state index is -0.420. The monoisotopic (exact) mass is 288 g/mol. The first-order valence-electron chi connectivity index (χ1n) is 5.09. The van der Waals surface area contributed by atoms with Crippen molar-refractivity contribution in [2.45, 2.75) is 26.4 Å². The van der Waals surface area contributed by atoms with E-state index in [0.717, 1.165) is 15.6 Å². The Bertz CT molecular complexity index is 375. The van der Waals surface area contributed by atoms with Crippen molar-refractivity contribution in [3.8, 4) is 11.5 Å². The van der Waals surface area contributed by atoms with E-state index in [1.807, 2.05) is 13.0 Å². The van der Waals surface area contributed by atoms with Crippen LogP contribution in [-0.2, 0) is 6.42 Å². The molecule has 0 amide bonds. The summed E-state index contributed by atoms with van der Waals surface area (Å²) in [6, 6.07) is 1.91. The van der Waals surface area contributed by atoms with E-state index >= 15 is 0 Å². The van der Waals surface area contributed by atoms with Gasteiger partial charge in [0, 0.05) is 16.5 Å². The summed E-state index contributed by atoms with van der Waals surface area (Å²) in [6.45, 7) is 3.73. The van der Waals surface area contributed by atoms with Crippen molar-refractivity contribution in [2.75, 3.05) is 14.2 Å². The summed E-state index contributed by atoms with van der Waals surface area (Å²) in [5, 5.41) is 9.49. The molecule has 4 heteroatoms. The first-order chi connectivity index (χ1) is 7.51. The molecule has 1 aromatic carbocycles. The number of rotatable bonds is 4. The zero-order valence-corrected chi connectivity index (χ0v) is 11.6. The van der Waals surface area contributed by atoms with Gasteiger partial charge in [0.2, 0.25) is 0 Å². The van der Waals surface area contributed by atoms with Gasteiger partial charge in [-0.05, 0) is 25.5 Å². The fourth-order valence-electron chi connectivity index (χ4n) is 1.67. The molecule has 0 bridgehead atoms. The molecule has 1 N–H and O–H groups in total. The Labute approximate surface area is 105 Å². The minimum absolute atomic E-state index is 0.420. The maximum Gasteiger partial charge on any atom is 0.165 e. The maximum atomic E-state index is 9.49. The van der Waals surface area contributed by atoms with Crippen LogP contribution in [0, 0.1) is 6.92 Å². The molecule has 16 heavy (non-hydrogen) atoms. The highest BCUT2D eigenvalue weighted by atomic mass is 79.9. The predicted molar refractivity (Wildman–Crippen MR) is 67.4 cm³/mol. The first-order valence-corrected chi connectivity index (χ1v) is 5.88. The largest absolute Gasteiger partial charge is 0.493 e.